The van der Waals surface area contributed by atoms with Crippen LogP contribution in [0.15, 0.2) is 0 Å². The third-order valence-corrected chi connectivity index (χ3v) is 5.61. The van der Waals surface area contributed by atoms with Crippen LogP contribution in [0.4, 0.5) is 0 Å². The van der Waals surface area contributed by atoms with Crippen molar-refractivity contribution >= 4 is 11.7 Å². The molecule has 7 nitrogen and oxygen atoms in total. The first-order chi connectivity index (χ1) is 13.4. The Balaban J connectivity index is 2.31. The Hall–Kier alpha value is -1.02. The van der Waals surface area contributed by atoms with Gasteiger partial charge in [-0.3, -0.25) is 14.5 Å². The van der Waals surface area contributed by atoms with E-state index in [9.17, 15) is 9.59 Å². The predicted molar refractivity (Wildman–Crippen MR) is 116 cm³/mol. The van der Waals surface area contributed by atoms with Crippen molar-refractivity contribution < 1.29 is 9.59 Å². The van der Waals surface area contributed by atoms with Crippen LogP contribution in [0.25, 0.3) is 0 Å². The largest absolute Gasteiger partial charge is 0.359 e. The molecule has 0 radical (unpaired) electrons. The van der Waals surface area contributed by atoms with Crippen LogP contribution in [0.5, 0.6) is 0 Å². The zero-order chi connectivity index (χ0) is 20.8. The van der Waals surface area contributed by atoms with E-state index in [1.807, 2.05) is 0 Å². The topological polar surface area (TPSA) is 59.1 Å². The zero-order valence-electron chi connectivity index (χ0n) is 18.7. The van der Waals surface area contributed by atoms with Crippen molar-refractivity contribution in [1.82, 2.24) is 24.9 Å². The minimum atomic E-state index is 0.105. The summed E-state index contributed by atoms with van der Waals surface area (Å²) in [6.45, 7) is 8.79. The van der Waals surface area contributed by atoms with E-state index >= 15 is 0 Å². The average molecular weight is 398 g/mol. The Morgan fingerprint density at radius 3 is 1.57 bits per heavy atom. The van der Waals surface area contributed by atoms with Gasteiger partial charge in [0, 0.05) is 72.2 Å². The molecule has 0 spiro atoms. The molecule has 0 aromatic carbocycles. The third-order valence-electron chi connectivity index (χ3n) is 5.61. The number of rotatable bonds is 9. The number of hydrogen-bond donors (Lipinski definition) is 1. The van der Waals surface area contributed by atoms with E-state index in [1.54, 1.807) is 7.05 Å². The van der Waals surface area contributed by atoms with Crippen LogP contribution < -0.4 is 5.32 Å². The van der Waals surface area contributed by atoms with Gasteiger partial charge in [0.1, 0.15) is 5.78 Å². The normalized spacial score (nSPS) is 19.7. The summed E-state index contributed by atoms with van der Waals surface area (Å²) < 4.78 is 0. The first-order valence-corrected chi connectivity index (χ1v) is 10.9. The highest BCUT2D eigenvalue weighted by Crippen LogP contribution is 2.07. The number of Topliss-reactive ketones (excluding diaryl/α,β-unsaturated/α-hetero) is 1. The summed E-state index contributed by atoms with van der Waals surface area (Å²) in [5, 5.41) is 2.65. The van der Waals surface area contributed by atoms with E-state index in [1.165, 1.54) is 0 Å². The number of likely N-dealkylation sites (N-methyl/N-ethyl adjacent to an activating group) is 3. The molecule has 0 aromatic rings. The van der Waals surface area contributed by atoms with E-state index < -0.39 is 0 Å². The molecule has 7 heteroatoms. The highest BCUT2D eigenvalue weighted by molar-refractivity contribution is 5.80. The van der Waals surface area contributed by atoms with Gasteiger partial charge in [-0.2, -0.15) is 0 Å². The number of carbonyl (C=O) groups is 2. The van der Waals surface area contributed by atoms with Crippen molar-refractivity contribution in [3.05, 3.63) is 0 Å². The minimum Gasteiger partial charge on any atom is -0.359 e. The second-order valence-electron chi connectivity index (χ2n) is 8.31. The molecule has 1 fully saturated rings. The van der Waals surface area contributed by atoms with Gasteiger partial charge in [0.05, 0.1) is 6.54 Å². The average Bonchev–Trinajstić information content (AvgIpc) is 2.68. The van der Waals surface area contributed by atoms with Crippen molar-refractivity contribution in [3.8, 4) is 0 Å². The van der Waals surface area contributed by atoms with Gasteiger partial charge in [-0.05, 0) is 34.0 Å². The van der Waals surface area contributed by atoms with Crippen LogP contribution in [0.2, 0.25) is 0 Å². The number of ketones is 1. The van der Waals surface area contributed by atoms with Crippen molar-refractivity contribution in [2.24, 2.45) is 0 Å². The summed E-state index contributed by atoms with van der Waals surface area (Å²) in [7, 11) is 8.21. The van der Waals surface area contributed by atoms with Gasteiger partial charge < -0.3 is 20.0 Å². The standard InChI is InChI=1S/C21H43N5O2/c1-22-21(28)10-8-6-5-7-9-20(27)19-26-17-15-24(3)13-11-23(2)12-14-25(4)16-18-26/h5-19H2,1-4H3,(H,22,28). The van der Waals surface area contributed by atoms with Crippen molar-refractivity contribution in [1.29, 1.82) is 0 Å². The fourth-order valence-corrected chi connectivity index (χ4v) is 3.33. The van der Waals surface area contributed by atoms with E-state index in [4.69, 9.17) is 0 Å². The Labute approximate surface area is 172 Å². The van der Waals surface area contributed by atoms with Crippen LogP contribution >= 0.6 is 0 Å². The fourth-order valence-electron chi connectivity index (χ4n) is 3.33. The van der Waals surface area contributed by atoms with Gasteiger partial charge in [0.2, 0.25) is 5.91 Å². The summed E-state index contributed by atoms with van der Waals surface area (Å²) in [5.74, 6) is 0.455. The lowest BCUT2D eigenvalue weighted by Crippen LogP contribution is -2.44. The molecule has 1 amide bonds. The van der Waals surface area contributed by atoms with Crippen LogP contribution in [-0.4, -0.2) is 118 Å². The highest BCUT2D eigenvalue weighted by Gasteiger charge is 2.14. The van der Waals surface area contributed by atoms with E-state index in [2.05, 4.69) is 46.1 Å². The van der Waals surface area contributed by atoms with Gasteiger partial charge in [-0.15, -0.1) is 0 Å². The molecular weight excluding hydrogens is 354 g/mol. The van der Waals surface area contributed by atoms with Crippen molar-refractivity contribution in [2.45, 2.75) is 38.5 Å². The van der Waals surface area contributed by atoms with Crippen LogP contribution in [-0.2, 0) is 9.59 Å². The molecule has 0 saturated carbocycles. The molecule has 28 heavy (non-hydrogen) atoms. The van der Waals surface area contributed by atoms with Crippen LogP contribution in [0.3, 0.4) is 0 Å². The van der Waals surface area contributed by atoms with Gasteiger partial charge in [-0.25, -0.2) is 0 Å². The van der Waals surface area contributed by atoms with E-state index in [-0.39, 0.29) is 5.91 Å². The van der Waals surface area contributed by atoms with Crippen LogP contribution in [0, 0.1) is 0 Å². The molecule has 0 unspecified atom stereocenters. The first-order valence-electron chi connectivity index (χ1n) is 10.9. The summed E-state index contributed by atoms with van der Waals surface area (Å²) in [6, 6.07) is 0. The lowest BCUT2D eigenvalue weighted by Gasteiger charge is -2.30. The lowest BCUT2D eigenvalue weighted by atomic mass is 10.1. The summed E-state index contributed by atoms with van der Waals surface area (Å²) in [6.07, 6.45) is 5.15. The molecule has 0 aromatic heterocycles. The van der Waals surface area contributed by atoms with Crippen LogP contribution in [0.1, 0.15) is 38.5 Å². The van der Waals surface area contributed by atoms with Gasteiger partial charge in [-0.1, -0.05) is 12.8 Å². The molecule has 0 aliphatic carbocycles. The third kappa shape index (κ3) is 12.4. The molecule has 164 valence electrons. The molecule has 1 N–H and O–H groups in total. The van der Waals surface area contributed by atoms with Gasteiger partial charge in [0.25, 0.3) is 0 Å². The Morgan fingerprint density at radius 1 is 0.679 bits per heavy atom. The lowest BCUT2D eigenvalue weighted by molar-refractivity contribution is -0.121. The molecular formula is C21H43N5O2. The highest BCUT2D eigenvalue weighted by atomic mass is 16.1. The Bertz CT molecular complexity index is 429. The maximum Gasteiger partial charge on any atom is 0.219 e. The smallest absolute Gasteiger partial charge is 0.219 e. The maximum absolute atomic E-state index is 12.4. The molecule has 0 atom stereocenters. The number of nitrogens with zero attached hydrogens (tertiary/aromatic N) is 4. The number of unbranched alkanes of at least 4 members (excludes halogenated alkanes) is 3. The molecule has 1 saturated heterocycles. The molecule has 1 aliphatic heterocycles. The Morgan fingerprint density at radius 2 is 1.11 bits per heavy atom. The fraction of sp³-hybridized carbons (Fsp3) is 0.905. The summed E-state index contributed by atoms with van der Waals surface area (Å²) >= 11 is 0. The molecule has 1 aliphatic rings. The quantitative estimate of drug-likeness (QED) is 0.580. The molecule has 1 heterocycles. The zero-order valence-corrected chi connectivity index (χ0v) is 18.7. The van der Waals surface area contributed by atoms with Gasteiger partial charge >= 0.3 is 0 Å². The Kier molecular flexibility index (Phi) is 13.3. The number of carbonyl (C=O) groups excluding carboxylic acids is 2. The first kappa shape index (κ1) is 25.0. The number of hydrogen-bond acceptors (Lipinski definition) is 6. The van der Waals surface area contributed by atoms with Crippen molar-refractivity contribution in [2.75, 3.05) is 87.1 Å². The van der Waals surface area contributed by atoms with E-state index in [0.29, 0.717) is 25.2 Å². The predicted octanol–water partition coefficient (Wildman–Crippen LogP) is 0.753. The molecule has 0 bridgehead atoms. The van der Waals surface area contributed by atoms with Gasteiger partial charge in [0.15, 0.2) is 0 Å². The number of amides is 1. The monoisotopic (exact) mass is 397 g/mol. The van der Waals surface area contributed by atoms with Crippen molar-refractivity contribution in [3.63, 3.8) is 0 Å². The minimum absolute atomic E-state index is 0.105. The SMILES string of the molecule is CNC(=O)CCCCCCC(=O)CN1CCN(C)CCN(C)CCN(C)CC1. The second-order valence-corrected chi connectivity index (χ2v) is 8.31. The summed E-state index contributed by atoms with van der Waals surface area (Å²) in [4.78, 5) is 33.1. The van der Waals surface area contributed by atoms with E-state index in [0.717, 1.165) is 78.0 Å². The second kappa shape index (κ2) is 14.9. The summed E-state index contributed by atoms with van der Waals surface area (Å²) in [5.41, 5.74) is 0. The number of nitrogens with one attached hydrogen (secondary N) is 1. The maximum atomic E-state index is 12.4. The molecule has 1 rings (SSSR count).